The van der Waals surface area contributed by atoms with Gasteiger partial charge in [0.05, 0.1) is 6.54 Å². The van der Waals surface area contributed by atoms with Gasteiger partial charge in [0.25, 0.3) is 0 Å². The number of aryl methyl sites for hydroxylation is 2. The van der Waals surface area contributed by atoms with Gasteiger partial charge in [0.1, 0.15) is 12.4 Å². The van der Waals surface area contributed by atoms with E-state index in [1.54, 1.807) is 18.2 Å². The second-order valence-electron chi connectivity index (χ2n) is 5.16. The zero-order chi connectivity index (χ0) is 16.8. The number of amides is 2. The number of benzene rings is 2. The van der Waals surface area contributed by atoms with Crippen molar-refractivity contribution in [3.05, 3.63) is 57.6 Å². The van der Waals surface area contributed by atoms with E-state index >= 15 is 0 Å². The van der Waals surface area contributed by atoms with Crippen LogP contribution in [0.2, 0.25) is 10.0 Å². The summed E-state index contributed by atoms with van der Waals surface area (Å²) in [6.45, 7) is 4.79. The Balaban J connectivity index is 1.76. The van der Waals surface area contributed by atoms with Gasteiger partial charge < -0.3 is 15.4 Å². The number of nitrogens with one attached hydrogen (secondary N) is 2. The van der Waals surface area contributed by atoms with Crippen molar-refractivity contribution < 1.29 is 9.53 Å². The number of hydrogen-bond acceptors (Lipinski definition) is 2. The molecule has 0 saturated heterocycles. The van der Waals surface area contributed by atoms with Gasteiger partial charge in [0, 0.05) is 15.7 Å². The molecule has 0 spiro atoms. The van der Waals surface area contributed by atoms with E-state index in [0.29, 0.717) is 28.9 Å². The van der Waals surface area contributed by atoms with Crippen LogP contribution in [0, 0.1) is 13.8 Å². The van der Waals surface area contributed by atoms with Crippen LogP contribution in [0.1, 0.15) is 11.1 Å². The zero-order valence-electron chi connectivity index (χ0n) is 13.0. The minimum absolute atomic E-state index is 0.340. The lowest BCUT2D eigenvalue weighted by Crippen LogP contribution is -2.32. The highest BCUT2D eigenvalue weighted by Gasteiger charge is 2.04. The van der Waals surface area contributed by atoms with Crippen molar-refractivity contribution in [3.63, 3.8) is 0 Å². The highest BCUT2D eigenvalue weighted by atomic mass is 35.5. The summed E-state index contributed by atoms with van der Waals surface area (Å²) in [4.78, 5) is 11.8. The summed E-state index contributed by atoms with van der Waals surface area (Å²) in [5, 5.41) is 6.30. The molecule has 0 aliphatic carbocycles. The Hall–Kier alpha value is -1.91. The summed E-state index contributed by atoms with van der Waals surface area (Å²) in [5.74, 6) is 0.819. The quantitative estimate of drug-likeness (QED) is 0.758. The largest absolute Gasteiger partial charge is 0.491 e. The van der Waals surface area contributed by atoms with Crippen LogP contribution >= 0.6 is 23.2 Å². The van der Waals surface area contributed by atoms with Gasteiger partial charge in [-0.05, 0) is 43.7 Å². The Morgan fingerprint density at radius 3 is 2.43 bits per heavy atom. The molecule has 0 aliphatic rings. The van der Waals surface area contributed by atoms with Crippen molar-refractivity contribution in [3.8, 4) is 5.75 Å². The maximum Gasteiger partial charge on any atom is 0.319 e. The Bertz CT molecular complexity index is 685. The first-order valence-electron chi connectivity index (χ1n) is 7.15. The first kappa shape index (κ1) is 17.4. The van der Waals surface area contributed by atoms with Crippen LogP contribution in [-0.2, 0) is 0 Å². The summed E-state index contributed by atoms with van der Waals surface area (Å²) < 4.78 is 5.65. The van der Waals surface area contributed by atoms with Gasteiger partial charge in [-0.1, -0.05) is 40.9 Å². The topological polar surface area (TPSA) is 50.4 Å². The number of urea groups is 1. The first-order valence-corrected chi connectivity index (χ1v) is 7.90. The lowest BCUT2D eigenvalue weighted by atomic mass is 10.1. The molecule has 0 radical (unpaired) electrons. The summed E-state index contributed by atoms with van der Waals surface area (Å²) >= 11 is 11.8. The first-order chi connectivity index (χ1) is 10.9. The zero-order valence-corrected chi connectivity index (χ0v) is 14.5. The van der Waals surface area contributed by atoms with Crippen LogP contribution in [-0.4, -0.2) is 19.2 Å². The molecule has 2 rings (SSSR count). The van der Waals surface area contributed by atoms with Crippen LogP contribution in [0.25, 0.3) is 0 Å². The van der Waals surface area contributed by atoms with E-state index in [1.165, 1.54) is 5.56 Å². The van der Waals surface area contributed by atoms with E-state index in [0.717, 1.165) is 11.3 Å². The Morgan fingerprint density at radius 1 is 1.09 bits per heavy atom. The smallest absolute Gasteiger partial charge is 0.319 e. The average Bonchev–Trinajstić information content (AvgIpc) is 2.44. The third-order valence-corrected chi connectivity index (χ3v) is 3.53. The number of anilines is 1. The molecule has 2 aromatic carbocycles. The number of halogens is 2. The van der Waals surface area contributed by atoms with Crippen molar-refractivity contribution in [2.75, 3.05) is 18.5 Å². The number of ether oxygens (including phenoxy) is 1. The molecule has 0 heterocycles. The summed E-state index contributed by atoms with van der Waals surface area (Å²) in [7, 11) is 0. The molecule has 0 fully saturated rings. The Kier molecular flexibility index (Phi) is 6.13. The molecular formula is C17H18Cl2N2O2. The van der Waals surface area contributed by atoms with E-state index in [2.05, 4.69) is 16.7 Å². The summed E-state index contributed by atoms with van der Waals surface area (Å²) in [5.41, 5.74) is 2.80. The number of carbonyl (C=O) groups excluding carboxylic acids is 1. The minimum Gasteiger partial charge on any atom is -0.491 e. The minimum atomic E-state index is -0.340. The fourth-order valence-corrected chi connectivity index (χ4v) is 2.61. The van der Waals surface area contributed by atoms with E-state index in [-0.39, 0.29) is 6.03 Å². The maximum atomic E-state index is 11.8. The van der Waals surface area contributed by atoms with E-state index in [4.69, 9.17) is 27.9 Å². The predicted octanol–water partition coefficient (Wildman–Crippen LogP) is 4.81. The fourth-order valence-electron chi connectivity index (χ4n) is 2.09. The van der Waals surface area contributed by atoms with Gasteiger partial charge in [-0.15, -0.1) is 0 Å². The molecule has 2 aromatic rings. The van der Waals surface area contributed by atoms with Gasteiger partial charge in [0.15, 0.2) is 0 Å². The van der Waals surface area contributed by atoms with E-state index in [9.17, 15) is 4.79 Å². The second kappa shape index (κ2) is 8.09. The van der Waals surface area contributed by atoms with Crippen molar-refractivity contribution in [1.29, 1.82) is 0 Å². The number of rotatable bonds is 5. The van der Waals surface area contributed by atoms with Gasteiger partial charge in [-0.3, -0.25) is 0 Å². The Morgan fingerprint density at radius 2 is 1.78 bits per heavy atom. The van der Waals surface area contributed by atoms with Crippen LogP contribution in [0.4, 0.5) is 10.5 Å². The van der Waals surface area contributed by atoms with Crippen molar-refractivity contribution >= 4 is 34.9 Å². The molecule has 23 heavy (non-hydrogen) atoms. The van der Waals surface area contributed by atoms with Gasteiger partial charge in [-0.25, -0.2) is 4.79 Å². The molecule has 0 saturated carbocycles. The third kappa shape index (κ3) is 5.66. The second-order valence-corrected chi connectivity index (χ2v) is 6.03. The predicted molar refractivity (Wildman–Crippen MR) is 94.9 cm³/mol. The molecule has 4 nitrogen and oxygen atoms in total. The highest BCUT2D eigenvalue weighted by Crippen LogP contribution is 2.22. The fraction of sp³-hybridized carbons (Fsp3) is 0.235. The molecular weight excluding hydrogens is 335 g/mol. The monoisotopic (exact) mass is 352 g/mol. The van der Waals surface area contributed by atoms with Crippen molar-refractivity contribution in [2.24, 2.45) is 0 Å². The van der Waals surface area contributed by atoms with Gasteiger partial charge in [0.2, 0.25) is 0 Å². The molecule has 0 aliphatic heterocycles. The molecule has 122 valence electrons. The summed E-state index contributed by atoms with van der Waals surface area (Å²) in [6, 6.07) is 10.5. The van der Waals surface area contributed by atoms with Crippen molar-refractivity contribution in [1.82, 2.24) is 5.32 Å². The van der Waals surface area contributed by atoms with E-state index in [1.807, 2.05) is 26.0 Å². The molecule has 0 bridgehead atoms. The van der Waals surface area contributed by atoms with Crippen LogP contribution in [0.3, 0.4) is 0 Å². The lowest BCUT2D eigenvalue weighted by molar-refractivity contribution is 0.247. The Labute approximate surface area is 145 Å². The van der Waals surface area contributed by atoms with Crippen LogP contribution < -0.4 is 15.4 Å². The third-order valence-electron chi connectivity index (χ3n) is 3.10. The molecule has 0 atom stereocenters. The number of carbonyl (C=O) groups is 1. The standard InChI is InChI=1S/C17H18Cl2N2O2/c1-11-3-4-16(12(2)7-11)23-6-5-20-17(22)21-15-9-13(18)8-14(19)10-15/h3-4,7-10H,5-6H2,1-2H3,(H2,20,21,22). The molecule has 6 heteroatoms. The maximum absolute atomic E-state index is 11.8. The van der Waals surface area contributed by atoms with Gasteiger partial charge in [-0.2, -0.15) is 0 Å². The molecule has 2 N–H and O–H groups in total. The van der Waals surface area contributed by atoms with Crippen LogP contribution in [0.5, 0.6) is 5.75 Å². The molecule has 0 unspecified atom stereocenters. The SMILES string of the molecule is Cc1ccc(OCCNC(=O)Nc2cc(Cl)cc(Cl)c2)c(C)c1. The van der Waals surface area contributed by atoms with Crippen LogP contribution in [0.15, 0.2) is 36.4 Å². The van der Waals surface area contributed by atoms with E-state index < -0.39 is 0 Å². The van der Waals surface area contributed by atoms with Gasteiger partial charge >= 0.3 is 6.03 Å². The lowest BCUT2D eigenvalue weighted by Gasteiger charge is -2.11. The average molecular weight is 353 g/mol. The molecule has 2 amide bonds. The van der Waals surface area contributed by atoms with Crippen molar-refractivity contribution in [2.45, 2.75) is 13.8 Å². The number of hydrogen-bond donors (Lipinski definition) is 2. The highest BCUT2D eigenvalue weighted by molar-refractivity contribution is 6.35. The molecule has 0 aromatic heterocycles. The normalized spacial score (nSPS) is 10.3. The summed E-state index contributed by atoms with van der Waals surface area (Å²) in [6.07, 6.45) is 0.